The molecule has 0 atom stereocenters. The molecule has 0 aromatic heterocycles. The first-order valence-electron chi connectivity index (χ1n) is 5.39. The van der Waals surface area contributed by atoms with Crippen molar-refractivity contribution in [1.82, 2.24) is 0 Å². The number of rotatable bonds is 0. The summed E-state index contributed by atoms with van der Waals surface area (Å²) in [5.41, 5.74) is 5.64. The van der Waals surface area contributed by atoms with Crippen LogP contribution in [-0.4, -0.2) is 0 Å². The van der Waals surface area contributed by atoms with Crippen molar-refractivity contribution in [1.29, 1.82) is 10.5 Å². The Morgan fingerprint density at radius 2 is 1.76 bits per heavy atom. The van der Waals surface area contributed by atoms with Gasteiger partial charge >= 0.3 is 0 Å². The van der Waals surface area contributed by atoms with E-state index in [0.29, 0.717) is 11.1 Å². The van der Waals surface area contributed by atoms with Gasteiger partial charge in [-0.05, 0) is 40.8 Å². The highest BCUT2D eigenvalue weighted by atomic mass is 14.3. The summed E-state index contributed by atoms with van der Waals surface area (Å²) in [4.78, 5) is 0. The van der Waals surface area contributed by atoms with E-state index in [1.54, 1.807) is 6.07 Å². The van der Waals surface area contributed by atoms with Crippen LogP contribution in [0.1, 0.15) is 22.3 Å². The Morgan fingerprint density at radius 1 is 0.941 bits per heavy atom. The molecule has 17 heavy (non-hydrogen) atoms. The zero-order valence-corrected chi connectivity index (χ0v) is 9.07. The van der Waals surface area contributed by atoms with Crippen LogP contribution >= 0.6 is 0 Å². The fourth-order valence-corrected chi connectivity index (χ4v) is 2.39. The number of benzene rings is 2. The second-order valence-corrected chi connectivity index (χ2v) is 4.11. The fraction of sp³-hybridized carbons (Fsp3) is 0.0667. The lowest BCUT2D eigenvalue weighted by atomic mass is 9.99. The van der Waals surface area contributed by atoms with E-state index in [4.69, 9.17) is 10.5 Å². The molecule has 2 aromatic rings. The number of fused-ring (bicyclic) bond motifs is 3. The Labute approximate surface area is 99.4 Å². The maximum absolute atomic E-state index is 9.14. The topological polar surface area (TPSA) is 47.6 Å². The van der Waals surface area contributed by atoms with E-state index in [1.807, 2.05) is 24.3 Å². The van der Waals surface area contributed by atoms with Gasteiger partial charge in [-0.2, -0.15) is 10.5 Å². The highest BCUT2D eigenvalue weighted by Crippen LogP contribution is 2.38. The predicted octanol–water partition coefficient (Wildman–Crippen LogP) is 3.00. The maximum Gasteiger partial charge on any atom is 0.0995 e. The number of nitrogens with zero attached hydrogens (tertiary/aromatic N) is 2. The van der Waals surface area contributed by atoms with Gasteiger partial charge in [0.05, 0.1) is 23.3 Å². The van der Waals surface area contributed by atoms with E-state index < -0.39 is 0 Å². The third-order valence-corrected chi connectivity index (χ3v) is 3.17. The summed E-state index contributed by atoms with van der Waals surface area (Å²) in [7, 11) is 0. The molecule has 0 radical (unpaired) electrons. The normalized spacial score (nSPS) is 11.2. The SMILES string of the molecule is N#Cc1cc(C#N)c2c(c1)-c1ccccc1C2. The summed E-state index contributed by atoms with van der Waals surface area (Å²) in [6.07, 6.45) is 0.792. The Kier molecular flexibility index (Phi) is 1.97. The van der Waals surface area contributed by atoms with Crippen molar-refractivity contribution in [3.8, 4) is 23.3 Å². The molecule has 2 nitrogen and oxygen atoms in total. The second-order valence-electron chi connectivity index (χ2n) is 4.11. The molecule has 1 aliphatic rings. The molecule has 3 rings (SSSR count). The molecule has 2 heteroatoms. The minimum Gasteiger partial charge on any atom is -0.192 e. The highest BCUT2D eigenvalue weighted by Gasteiger charge is 2.21. The van der Waals surface area contributed by atoms with Crippen molar-refractivity contribution >= 4 is 0 Å². The van der Waals surface area contributed by atoms with Crippen LogP contribution in [-0.2, 0) is 6.42 Å². The molecule has 0 N–H and O–H groups in total. The van der Waals surface area contributed by atoms with Gasteiger partial charge in [-0.25, -0.2) is 0 Å². The summed E-state index contributed by atoms with van der Waals surface area (Å²) >= 11 is 0. The Balaban J connectivity index is 2.34. The van der Waals surface area contributed by atoms with Gasteiger partial charge < -0.3 is 0 Å². The molecule has 0 bridgehead atoms. The molecule has 0 fully saturated rings. The van der Waals surface area contributed by atoms with Crippen LogP contribution in [0.15, 0.2) is 36.4 Å². The van der Waals surface area contributed by atoms with Crippen LogP contribution in [0.2, 0.25) is 0 Å². The molecule has 78 valence electrons. The Bertz CT molecular complexity index is 700. The Hall–Kier alpha value is -2.58. The van der Waals surface area contributed by atoms with Gasteiger partial charge in [-0.1, -0.05) is 24.3 Å². The molecule has 0 heterocycles. The van der Waals surface area contributed by atoms with Crippen molar-refractivity contribution < 1.29 is 0 Å². The number of nitriles is 2. The molecular formula is C15H8N2. The van der Waals surface area contributed by atoms with Crippen LogP contribution in [0.3, 0.4) is 0 Å². The summed E-state index contributed by atoms with van der Waals surface area (Å²) in [6.45, 7) is 0. The fourth-order valence-electron chi connectivity index (χ4n) is 2.39. The molecule has 1 aliphatic carbocycles. The van der Waals surface area contributed by atoms with Crippen molar-refractivity contribution in [2.24, 2.45) is 0 Å². The van der Waals surface area contributed by atoms with E-state index in [0.717, 1.165) is 23.1 Å². The van der Waals surface area contributed by atoms with Gasteiger partial charge in [-0.3, -0.25) is 0 Å². The lowest BCUT2D eigenvalue weighted by Crippen LogP contribution is -1.89. The third-order valence-electron chi connectivity index (χ3n) is 3.17. The van der Waals surface area contributed by atoms with Crippen LogP contribution in [0.25, 0.3) is 11.1 Å². The minimum absolute atomic E-state index is 0.553. The lowest BCUT2D eigenvalue weighted by Gasteiger charge is -2.03. The van der Waals surface area contributed by atoms with Crippen molar-refractivity contribution in [3.05, 3.63) is 58.7 Å². The van der Waals surface area contributed by atoms with Crippen LogP contribution in [0, 0.1) is 22.7 Å². The number of hydrogen-bond donors (Lipinski definition) is 0. The molecule has 2 aromatic carbocycles. The van der Waals surface area contributed by atoms with E-state index in [1.165, 1.54) is 5.56 Å². The lowest BCUT2D eigenvalue weighted by molar-refractivity contribution is 1.24. The zero-order chi connectivity index (χ0) is 11.8. The first-order chi connectivity index (χ1) is 8.33. The summed E-state index contributed by atoms with van der Waals surface area (Å²) in [6, 6.07) is 15.9. The van der Waals surface area contributed by atoms with Crippen LogP contribution in [0.4, 0.5) is 0 Å². The standard InChI is InChI=1S/C15H8N2/c16-8-10-5-12(9-17)14-7-11-3-1-2-4-13(11)15(14)6-10/h1-6H,7H2. The van der Waals surface area contributed by atoms with Crippen molar-refractivity contribution in [2.45, 2.75) is 6.42 Å². The largest absolute Gasteiger partial charge is 0.192 e. The van der Waals surface area contributed by atoms with Gasteiger partial charge in [-0.15, -0.1) is 0 Å². The number of hydrogen-bond acceptors (Lipinski definition) is 2. The average Bonchev–Trinajstić information content (AvgIpc) is 2.76. The predicted molar refractivity (Wildman–Crippen MR) is 64.1 cm³/mol. The van der Waals surface area contributed by atoms with Crippen LogP contribution < -0.4 is 0 Å². The first-order valence-corrected chi connectivity index (χ1v) is 5.39. The van der Waals surface area contributed by atoms with Gasteiger partial charge in [0.25, 0.3) is 0 Å². The molecule has 0 saturated heterocycles. The monoisotopic (exact) mass is 216 g/mol. The van der Waals surface area contributed by atoms with Crippen LogP contribution in [0.5, 0.6) is 0 Å². The molecule has 0 amide bonds. The quantitative estimate of drug-likeness (QED) is 0.580. The van der Waals surface area contributed by atoms with E-state index in [9.17, 15) is 0 Å². The molecular weight excluding hydrogens is 208 g/mol. The van der Waals surface area contributed by atoms with E-state index in [2.05, 4.69) is 18.2 Å². The molecule has 0 aliphatic heterocycles. The van der Waals surface area contributed by atoms with Crippen molar-refractivity contribution in [3.63, 3.8) is 0 Å². The second kappa shape index (κ2) is 3.47. The van der Waals surface area contributed by atoms with Gasteiger partial charge in [0.2, 0.25) is 0 Å². The van der Waals surface area contributed by atoms with Crippen molar-refractivity contribution in [2.75, 3.05) is 0 Å². The van der Waals surface area contributed by atoms with E-state index >= 15 is 0 Å². The molecule has 0 unspecified atom stereocenters. The maximum atomic E-state index is 9.14. The van der Waals surface area contributed by atoms with Gasteiger partial charge in [0.1, 0.15) is 0 Å². The zero-order valence-electron chi connectivity index (χ0n) is 9.07. The minimum atomic E-state index is 0.553. The summed E-state index contributed by atoms with van der Waals surface area (Å²) < 4.78 is 0. The highest BCUT2D eigenvalue weighted by molar-refractivity contribution is 5.80. The summed E-state index contributed by atoms with van der Waals surface area (Å²) in [5, 5.41) is 18.1. The third kappa shape index (κ3) is 1.32. The summed E-state index contributed by atoms with van der Waals surface area (Å²) in [5.74, 6) is 0. The smallest absolute Gasteiger partial charge is 0.0995 e. The Morgan fingerprint density at radius 3 is 2.53 bits per heavy atom. The molecule has 0 spiro atoms. The molecule has 0 saturated carbocycles. The van der Waals surface area contributed by atoms with Gasteiger partial charge in [0, 0.05) is 0 Å². The van der Waals surface area contributed by atoms with Gasteiger partial charge in [0.15, 0.2) is 0 Å². The van der Waals surface area contributed by atoms with E-state index in [-0.39, 0.29) is 0 Å². The average molecular weight is 216 g/mol. The first kappa shape index (κ1) is 9.63.